The lowest BCUT2D eigenvalue weighted by molar-refractivity contribution is 0.0702. The van der Waals surface area contributed by atoms with E-state index in [1.165, 1.54) is 5.56 Å². The minimum absolute atomic E-state index is 0. The average Bonchev–Trinajstić information content (AvgIpc) is 2.66. The molecule has 1 aromatic rings. The van der Waals surface area contributed by atoms with Crippen LogP contribution in [0.15, 0.2) is 29.3 Å². The van der Waals surface area contributed by atoms with Gasteiger partial charge in [0.05, 0.1) is 25.9 Å². The molecule has 6 nitrogen and oxygen atoms in total. The number of methoxy groups -OCH3 is 1. The molecule has 1 rings (SSSR count). The predicted molar refractivity (Wildman–Crippen MR) is 127 cm³/mol. The number of hydrogen-bond donors (Lipinski definition) is 2. The molecule has 1 aromatic carbocycles. The van der Waals surface area contributed by atoms with Crippen LogP contribution >= 0.6 is 24.0 Å². The summed E-state index contributed by atoms with van der Waals surface area (Å²) in [6.07, 6.45) is 0.885. The zero-order valence-corrected chi connectivity index (χ0v) is 20.3. The molecule has 0 spiro atoms. The number of ether oxygens (including phenoxy) is 3. The maximum atomic E-state index is 5.75. The number of nitrogens with zero attached hydrogens (tertiary/aromatic N) is 1. The van der Waals surface area contributed by atoms with E-state index in [4.69, 9.17) is 14.2 Å². The van der Waals surface area contributed by atoms with Gasteiger partial charge in [0.1, 0.15) is 5.75 Å². The van der Waals surface area contributed by atoms with E-state index >= 15 is 0 Å². The van der Waals surface area contributed by atoms with Crippen LogP contribution in [-0.2, 0) is 9.47 Å². The topological polar surface area (TPSA) is 64.1 Å². The zero-order chi connectivity index (χ0) is 19.9. The van der Waals surface area contributed by atoms with Crippen LogP contribution in [0.4, 0.5) is 0 Å². The van der Waals surface area contributed by atoms with Crippen LogP contribution in [0.25, 0.3) is 0 Å². The molecule has 1 atom stereocenters. The maximum Gasteiger partial charge on any atom is 0.191 e. The molecule has 162 valence electrons. The lowest BCUT2D eigenvalue weighted by atomic mass is 10.1. The third-order valence-corrected chi connectivity index (χ3v) is 3.81. The second-order valence-corrected chi connectivity index (χ2v) is 6.86. The van der Waals surface area contributed by atoms with Crippen LogP contribution in [0, 0.1) is 5.92 Å². The van der Waals surface area contributed by atoms with E-state index in [0.29, 0.717) is 25.7 Å². The highest BCUT2D eigenvalue weighted by atomic mass is 127. The Morgan fingerprint density at radius 2 is 1.79 bits per heavy atom. The minimum atomic E-state index is 0. The fourth-order valence-corrected chi connectivity index (χ4v) is 2.33. The van der Waals surface area contributed by atoms with Crippen molar-refractivity contribution in [1.29, 1.82) is 0 Å². The first kappa shape index (κ1) is 26.9. The summed E-state index contributed by atoms with van der Waals surface area (Å²) in [5.41, 5.74) is 1.19. The standard InChI is InChI=1S/C21H37N3O3.HI/c1-6-22-21(23-12-7-13-26-15-14-25-5)24-18(4)19-8-10-20(11-9-19)27-16-17(2)3;/h8-11,17-18H,6-7,12-16H2,1-5H3,(H2,22,23,24);1H. The SMILES string of the molecule is CCNC(=NCCCOCCOC)NC(C)c1ccc(OCC(C)C)cc1.I. The molecule has 0 fully saturated rings. The Hall–Kier alpha value is -1.06. The van der Waals surface area contributed by atoms with Gasteiger partial charge in [-0.15, -0.1) is 24.0 Å². The van der Waals surface area contributed by atoms with Crippen molar-refractivity contribution in [3.05, 3.63) is 29.8 Å². The van der Waals surface area contributed by atoms with Crippen molar-refractivity contribution in [2.75, 3.05) is 46.6 Å². The molecule has 0 saturated carbocycles. The predicted octanol–water partition coefficient (Wildman–Crippen LogP) is 4.01. The summed E-state index contributed by atoms with van der Waals surface area (Å²) < 4.78 is 16.2. The van der Waals surface area contributed by atoms with Crippen LogP contribution in [-0.4, -0.2) is 52.6 Å². The maximum absolute atomic E-state index is 5.75. The number of aliphatic imine (C=N–C) groups is 1. The molecule has 0 saturated heterocycles. The smallest absolute Gasteiger partial charge is 0.191 e. The Kier molecular flexibility index (Phi) is 16.2. The Balaban J connectivity index is 0.00000729. The molecule has 0 aliphatic heterocycles. The Morgan fingerprint density at radius 1 is 1.07 bits per heavy atom. The van der Waals surface area contributed by atoms with Crippen LogP contribution in [0.1, 0.15) is 45.7 Å². The second-order valence-electron chi connectivity index (χ2n) is 6.86. The largest absolute Gasteiger partial charge is 0.493 e. The van der Waals surface area contributed by atoms with Gasteiger partial charge >= 0.3 is 0 Å². The summed E-state index contributed by atoms with van der Waals surface area (Å²) in [5.74, 6) is 2.25. The fourth-order valence-electron chi connectivity index (χ4n) is 2.33. The van der Waals surface area contributed by atoms with Crippen molar-refractivity contribution in [1.82, 2.24) is 10.6 Å². The highest BCUT2D eigenvalue weighted by molar-refractivity contribution is 14.0. The molecule has 0 aliphatic rings. The molecule has 0 amide bonds. The molecule has 2 N–H and O–H groups in total. The molecular weight excluding hydrogens is 469 g/mol. The number of hydrogen-bond acceptors (Lipinski definition) is 4. The van der Waals surface area contributed by atoms with Crippen LogP contribution < -0.4 is 15.4 Å². The van der Waals surface area contributed by atoms with Gasteiger partial charge in [0.25, 0.3) is 0 Å². The van der Waals surface area contributed by atoms with Crippen molar-refractivity contribution in [2.45, 2.75) is 40.2 Å². The van der Waals surface area contributed by atoms with Gasteiger partial charge in [-0.2, -0.15) is 0 Å². The van der Waals surface area contributed by atoms with Gasteiger partial charge in [-0.25, -0.2) is 0 Å². The van der Waals surface area contributed by atoms with Crippen molar-refractivity contribution in [3.8, 4) is 5.75 Å². The number of rotatable bonds is 13. The highest BCUT2D eigenvalue weighted by Crippen LogP contribution is 2.18. The third kappa shape index (κ3) is 12.4. The number of benzene rings is 1. The first-order chi connectivity index (χ1) is 13.1. The van der Waals surface area contributed by atoms with Crippen molar-refractivity contribution in [2.24, 2.45) is 10.9 Å². The number of nitrogens with one attached hydrogen (secondary N) is 2. The van der Waals surface area contributed by atoms with Gasteiger partial charge in [0.15, 0.2) is 5.96 Å². The van der Waals surface area contributed by atoms with Gasteiger partial charge in [-0.3, -0.25) is 4.99 Å². The van der Waals surface area contributed by atoms with Crippen LogP contribution in [0.5, 0.6) is 5.75 Å². The summed E-state index contributed by atoms with van der Waals surface area (Å²) >= 11 is 0. The lowest BCUT2D eigenvalue weighted by Crippen LogP contribution is -2.38. The molecule has 1 unspecified atom stereocenters. The molecule has 0 radical (unpaired) electrons. The van der Waals surface area contributed by atoms with E-state index in [-0.39, 0.29) is 30.0 Å². The number of halogens is 1. The molecule has 0 aromatic heterocycles. The van der Waals surface area contributed by atoms with Crippen LogP contribution in [0.2, 0.25) is 0 Å². The molecule has 0 heterocycles. The molecule has 0 bridgehead atoms. The second kappa shape index (κ2) is 16.9. The lowest BCUT2D eigenvalue weighted by Gasteiger charge is -2.18. The van der Waals surface area contributed by atoms with Gasteiger partial charge in [0, 0.05) is 26.8 Å². The highest BCUT2D eigenvalue weighted by Gasteiger charge is 2.08. The molecule has 7 heteroatoms. The monoisotopic (exact) mass is 507 g/mol. The van der Waals surface area contributed by atoms with E-state index in [1.54, 1.807) is 7.11 Å². The van der Waals surface area contributed by atoms with Gasteiger partial charge in [-0.1, -0.05) is 26.0 Å². The van der Waals surface area contributed by atoms with Crippen molar-refractivity contribution < 1.29 is 14.2 Å². The van der Waals surface area contributed by atoms with E-state index in [1.807, 2.05) is 12.1 Å². The van der Waals surface area contributed by atoms with Crippen LogP contribution in [0.3, 0.4) is 0 Å². The Labute approximate surface area is 187 Å². The first-order valence-electron chi connectivity index (χ1n) is 9.91. The molecule has 0 aliphatic carbocycles. The van der Waals surface area contributed by atoms with E-state index in [9.17, 15) is 0 Å². The van der Waals surface area contributed by atoms with Gasteiger partial charge in [0.2, 0.25) is 0 Å². The van der Waals surface area contributed by atoms with Crippen molar-refractivity contribution >= 4 is 29.9 Å². The number of guanidine groups is 1. The fraction of sp³-hybridized carbons (Fsp3) is 0.667. The Morgan fingerprint density at radius 3 is 2.39 bits per heavy atom. The first-order valence-corrected chi connectivity index (χ1v) is 9.91. The average molecular weight is 507 g/mol. The summed E-state index contributed by atoms with van der Waals surface area (Å²) in [6.45, 7) is 12.7. The van der Waals surface area contributed by atoms with E-state index < -0.39 is 0 Å². The van der Waals surface area contributed by atoms with E-state index in [2.05, 4.69) is 55.5 Å². The minimum Gasteiger partial charge on any atom is -0.493 e. The van der Waals surface area contributed by atoms with Gasteiger partial charge in [-0.05, 0) is 43.9 Å². The van der Waals surface area contributed by atoms with Gasteiger partial charge < -0.3 is 24.8 Å². The van der Waals surface area contributed by atoms with E-state index in [0.717, 1.165) is 37.8 Å². The summed E-state index contributed by atoms with van der Waals surface area (Å²) in [6, 6.07) is 8.40. The summed E-state index contributed by atoms with van der Waals surface area (Å²) in [7, 11) is 1.68. The summed E-state index contributed by atoms with van der Waals surface area (Å²) in [5, 5.41) is 6.74. The van der Waals surface area contributed by atoms with Crippen molar-refractivity contribution in [3.63, 3.8) is 0 Å². The third-order valence-electron chi connectivity index (χ3n) is 3.81. The summed E-state index contributed by atoms with van der Waals surface area (Å²) in [4.78, 5) is 4.62. The molecule has 28 heavy (non-hydrogen) atoms. The Bertz CT molecular complexity index is 524. The quantitative estimate of drug-likeness (QED) is 0.183. The normalized spacial score (nSPS) is 12.4. The molecular formula is C21H38IN3O3. The zero-order valence-electron chi connectivity index (χ0n) is 18.0.